The van der Waals surface area contributed by atoms with Gasteiger partial charge in [0.2, 0.25) is 0 Å². The maximum absolute atomic E-state index is 5.68. The van der Waals surface area contributed by atoms with Gasteiger partial charge in [-0.2, -0.15) is 0 Å². The molecule has 4 nitrogen and oxygen atoms in total. The summed E-state index contributed by atoms with van der Waals surface area (Å²) in [5.41, 5.74) is 6.65. The first-order chi connectivity index (χ1) is 8.79. The van der Waals surface area contributed by atoms with Gasteiger partial charge in [-0.05, 0) is 28.4 Å². The Bertz CT molecular complexity index is 347. The summed E-state index contributed by atoms with van der Waals surface area (Å²) in [6.07, 6.45) is 0.902. The van der Waals surface area contributed by atoms with Crippen molar-refractivity contribution in [3.8, 4) is 5.75 Å². The second kappa shape index (κ2) is 9.33. The molecule has 0 bridgehead atoms. The smallest absolute Gasteiger partial charge is 0.138 e. The van der Waals surface area contributed by atoms with Crippen molar-refractivity contribution < 1.29 is 14.2 Å². The third kappa shape index (κ3) is 5.35. The SMILES string of the molecule is COCCCOCCOc1c(Br)cccc1CN. The van der Waals surface area contributed by atoms with E-state index in [9.17, 15) is 0 Å². The van der Waals surface area contributed by atoms with E-state index < -0.39 is 0 Å². The van der Waals surface area contributed by atoms with Crippen LogP contribution in [0.1, 0.15) is 12.0 Å². The number of para-hydroxylation sites is 1. The lowest BCUT2D eigenvalue weighted by Crippen LogP contribution is -2.10. The minimum absolute atomic E-state index is 0.462. The summed E-state index contributed by atoms with van der Waals surface area (Å²) in [4.78, 5) is 0. The third-order valence-electron chi connectivity index (χ3n) is 2.38. The summed E-state index contributed by atoms with van der Waals surface area (Å²) in [6, 6.07) is 5.84. The molecule has 1 aromatic rings. The fraction of sp³-hybridized carbons (Fsp3) is 0.538. The second-order valence-electron chi connectivity index (χ2n) is 3.74. The highest BCUT2D eigenvalue weighted by atomic mass is 79.9. The lowest BCUT2D eigenvalue weighted by atomic mass is 10.2. The molecule has 0 radical (unpaired) electrons. The first kappa shape index (κ1) is 15.4. The Morgan fingerprint density at radius 1 is 1.17 bits per heavy atom. The van der Waals surface area contributed by atoms with Crippen LogP contribution in [0.25, 0.3) is 0 Å². The van der Waals surface area contributed by atoms with E-state index in [-0.39, 0.29) is 0 Å². The highest BCUT2D eigenvalue weighted by molar-refractivity contribution is 9.10. The molecule has 102 valence electrons. The highest BCUT2D eigenvalue weighted by Crippen LogP contribution is 2.28. The van der Waals surface area contributed by atoms with Gasteiger partial charge in [0, 0.05) is 32.4 Å². The number of rotatable bonds is 9. The molecule has 0 amide bonds. The van der Waals surface area contributed by atoms with Gasteiger partial charge in [0.25, 0.3) is 0 Å². The molecule has 0 spiro atoms. The van der Waals surface area contributed by atoms with Gasteiger partial charge in [0.15, 0.2) is 0 Å². The molecule has 1 aromatic carbocycles. The number of nitrogens with two attached hydrogens (primary N) is 1. The minimum atomic E-state index is 0.462. The Labute approximate surface area is 117 Å². The van der Waals surface area contributed by atoms with Crippen molar-refractivity contribution in [3.05, 3.63) is 28.2 Å². The second-order valence-corrected chi connectivity index (χ2v) is 4.59. The largest absolute Gasteiger partial charge is 0.490 e. The summed E-state index contributed by atoms with van der Waals surface area (Å²) in [7, 11) is 1.68. The van der Waals surface area contributed by atoms with E-state index in [1.165, 1.54) is 0 Å². The minimum Gasteiger partial charge on any atom is -0.490 e. The maximum atomic E-state index is 5.68. The Morgan fingerprint density at radius 2 is 2.00 bits per heavy atom. The quantitative estimate of drug-likeness (QED) is 0.710. The fourth-order valence-electron chi connectivity index (χ4n) is 1.49. The predicted octanol–water partition coefficient (Wildman–Crippen LogP) is 2.34. The Morgan fingerprint density at radius 3 is 2.72 bits per heavy atom. The normalized spacial score (nSPS) is 10.6. The lowest BCUT2D eigenvalue weighted by molar-refractivity contribution is 0.0802. The number of methoxy groups -OCH3 is 1. The molecule has 0 saturated heterocycles. The summed E-state index contributed by atoms with van der Waals surface area (Å²) >= 11 is 3.45. The molecule has 0 heterocycles. The summed E-state index contributed by atoms with van der Waals surface area (Å²) in [5.74, 6) is 0.806. The number of hydrogen-bond acceptors (Lipinski definition) is 4. The van der Waals surface area contributed by atoms with Crippen LogP contribution in [-0.2, 0) is 16.0 Å². The van der Waals surface area contributed by atoms with E-state index in [4.69, 9.17) is 19.9 Å². The topological polar surface area (TPSA) is 53.7 Å². The molecule has 0 atom stereocenters. The maximum Gasteiger partial charge on any atom is 0.138 e. The zero-order valence-corrected chi connectivity index (χ0v) is 12.2. The van der Waals surface area contributed by atoms with E-state index in [0.717, 1.165) is 28.8 Å². The molecular formula is C13H20BrNO3. The third-order valence-corrected chi connectivity index (χ3v) is 3.00. The molecule has 18 heavy (non-hydrogen) atoms. The fourth-order valence-corrected chi connectivity index (χ4v) is 2.01. The Kier molecular flexibility index (Phi) is 8.00. The van der Waals surface area contributed by atoms with Crippen LogP contribution in [-0.4, -0.2) is 33.5 Å². The van der Waals surface area contributed by atoms with Crippen molar-refractivity contribution in [2.45, 2.75) is 13.0 Å². The van der Waals surface area contributed by atoms with Crippen molar-refractivity contribution >= 4 is 15.9 Å². The molecule has 0 aliphatic heterocycles. The van der Waals surface area contributed by atoms with E-state index in [2.05, 4.69) is 15.9 Å². The number of halogens is 1. The lowest BCUT2D eigenvalue weighted by Gasteiger charge is -2.12. The van der Waals surface area contributed by atoms with Gasteiger partial charge < -0.3 is 19.9 Å². The van der Waals surface area contributed by atoms with E-state index in [1.54, 1.807) is 7.11 Å². The van der Waals surface area contributed by atoms with Crippen molar-refractivity contribution in [1.29, 1.82) is 0 Å². The van der Waals surface area contributed by atoms with Crippen LogP contribution < -0.4 is 10.5 Å². The van der Waals surface area contributed by atoms with Crippen LogP contribution >= 0.6 is 15.9 Å². The van der Waals surface area contributed by atoms with Gasteiger partial charge in [-0.3, -0.25) is 0 Å². The van der Waals surface area contributed by atoms with Gasteiger partial charge in [-0.25, -0.2) is 0 Å². The highest BCUT2D eigenvalue weighted by Gasteiger charge is 2.06. The molecule has 2 N–H and O–H groups in total. The monoisotopic (exact) mass is 317 g/mol. The summed E-state index contributed by atoms with van der Waals surface area (Å²) in [6.45, 7) is 2.96. The standard InChI is InChI=1S/C13H20BrNO3/c1-16-6-3-7-17-8-9-18-13-11(10-15)4-2-5-12(13)14/h2,4-5H,3,6-10,15H2,1H3. The zero-order chi connectivity index (χ0) is 13.2. The summed E-state index contributed by atoms with van der Waals surface area (Å²) in [5, 5.41) is 0. The van der Waals surface area contributed by atoms with Gasteiger partial charge in [-0.1, -0.05) is 12.1 Å². The summed E-state index contributed by atoms with van der Waals surface area (Å²) < 4.78 is 17.0. The van der Waals surface area contributed by atoms with Gasteiger partial charge in [0.1, 0.15) is 12.4 Å². The Hall–Kier alpha value is -0.620. The molecule has 0 unspecified atom stereocenters. The van der Waals surface area contributed by atoms with Crippen LogP contribution in [0.4, 0.5) is 0 Å². The molecule has 5 heteroatoms. The van der Waals surface area contributed by atoms with Crippen LogP contribution in [0.5, 0.6) is 5.75 Å². The van der Waals surface area contributed by atoms with Crippen molar-refractivity contribution in [2.75, 3.05) is 33.5 Å². The van der Waals surface area contributed by atoms with Crippen LogP contribution in [0.2, 0.25) is 0 Å². The zero-order valence-electron chi connectivity index (χ0n) is 10.7. The van der Waals surface area contributed by atoms with E-state index in [0.29, 0.717) is 26.4 Å². The van der Waals surface area contributed by atoms with E-state index >= 15 is 0 Å². The van der Waals surface area contributed by atoms with E-state index in [1.807, 2.05) is 18.2 Å². The van der Waals surface area contributed by atoms with Gasteiger partial charge >= 0.3 is 0 Å². The predicted molar refractivity (Wildman–Crippen MR) is 74.8 cm³/mol. The molecule has 0 aliphatic rings. The van der Waals surface area contributed by atoms with Crippen molar-refractivity contribution in [1.82, 2.24) is 0 Å². The first-order valence-corrected chi connectivity index (χ1v) is 6.75. The van der Waals surface area contributed by atoms with Crippen LogP contribution in [0, 0.1) is 0 Å². The average molecular weight is 318 g/mol. The average Bonchev–Trinajstić information content (AvgIpc) is 2.39. The molecule has 0 aliphatic carbocycles. The molecule has 0 aromatic heterocycles. The van der Waals surface area contributed by atoms with Crippen LogP contribution in [0.3, 0.4) is 0 Å². The molecule has 0 fully saturated rings. The first-order valence-electron chi connectivity index (χ1n) is 5.96. The molecular weight excluding hydrogens is 298 g/mol. The Balaban J connectivity index is 2.26. The van der Waals surface area contributed by atoms with Gasteiger partial charge in [-0.15, -0.1) is 0 Å². The van der Waals surface area contributed by atoms with Crippen molar-refractivity contribution in [2.24, 2.45) is 5.73 Å². The van der Waals surface area contributed by atoms with Gasteiger partial charge in [0.05, 0.1) is 11.1 Å². The number of ether oxygens (including phenoxy) is 3. The number of benzene rings is 1. The number of hydrogen-bond donors (Lipinski definition) is 1. The van der Waals surface area contributed by atoms with Crippen molar-refractivity contribution in [3.63, 3.8) is 0 Å². The van der Waals surface area contributed by atoms with Crippen LogP contribution in [0.15, 0.2) is 22.7 Å². The molecule has 0 saturated carbocycles. The molecule has 1 rings (SSSR count).